The Labute approximate surface area is 142 Å². The van der Waals surface area contributed by atoms with E-state index in [1.807, 2.05) is 24.4 Å². The van der Waals surface area contributed by atoms with Crippen LogP contribution in [0.3, 0.4) is 0 Å². The summed E-state index contributed by atoms with van der Waals surface area (Å²) in [5.74, 6) is 1.02. The third kappa shape index (κ3) is 5.49. The summed E-state index contributed by atoms with van der Waals surface area (Å²) in [4.78, 5) is 3.18. The van der Waals surface area contributed by atoms with Crippen molar-refractivity contribution in [2.45, 2.75) is 26.2 Å². The zero-order valence-corrected chi connectivity index (χ0v) is 14.3. The van der Waals surface area contributed by atoms with E-state index in [1.54, 1.807) is 13.3 Å². The third-order valence-corrected chi connectivity index (χ3v) is 3.38. The highest BCUT2D eigenvalue weighted by Gasteiger charge is 2.03. The normalized spacial score (nSPS) is 10.5. The Kier molecular flexibility index (Phi) is 7.97. The van der Waals surface area contributed by atoms with Crippen LogP contribution in [0.1, 0.15) is 31.7 Å². The van der Waals surface area contributed by atoms with Crippen LogP contribution in [0, 0.1) is 5.41 Å². The first kappa shape index (κ1) is 18.8. The molecule has 0 aliphatic rings. The van der Waals surface area contributed by atoms with E-state index in [0.717, 1.165) is 35.2 Å². The summed E-state index contributed by atoms with van der Waals surface area (Å²) in [7, 11) is 1.65. The fraction of sp³-hybridized carbons (Fsp3) is 0.375. The average Bonchev–Trinajstić information content (AvgIpc) is 2.94. The molecule has 2 aromatic rings. The van der Waals surface area contributed by atoms with Gasteiger partial charge in [-0.3, -0.25) is 5.41 Å². The second-order valence-electron chi connectivity index (χ2n) is 5.03. The Morgan fingerprint density at radius 2 is 2.22 bits per heavy atom. The van der Waals surface area contributed by atoms with Gasteiger partial charge in [0.1, 0.15) is 5.75 Å². The predicted octanol–water partition coefficient (Wildman–Crippen LogP) is 3.24. The summed E-state index contributed by atoms with van der Waals surface area (Å²) in [5, 5.41) is 15.8. The number of fused-ring (bicyclic) bond motifs is 1. The van der Waals surface area contributed by atoms with Crippen molar-refractivity contribution in [1.82, 2.24) is 15.7 Å². The molecule has 0 radical (unpaired) electrons. The van der Waals surface area contributed by atoms with Gasteiger partial charge in [-0.1, -0.05) is 19.8 Å². The molecule has 0 saturated heterocycles. The lowest BCUT2D eigenvalue weighted by Gasteiger charge is -2.05. The van der Waals surface area contributed by atoms with Gasteiger partial charge < -0.3 is 15.0 Å². The molecule has 0 spiro atoms. The number of aromatic nitrogens is 1. The van der Waals surface area contributed by atoms with E-state index in [1.165, 1.54) is 12.8 Å². The minimum absolute atomic E-state index is 0. The number of rotatable bonds is 7. The summed E-state index contributed by atoms with van der Waals surface area (Å²) in [6.07, 6.45) is 6.98. The van der Waals surface area contributed by atoms with Gasteiger partial charge >= 0.3 is 0 Å². The van der Waals surface area contributed by atoms with E-state index >= 15 is 0 Å². The molecule has 0 atom stereocenters. The summed E-state index contributed by atoms with van der Waals surface area (Å²) in [5.41, 5.74) is 4.66. The summed E-state index contributed by atoms with van der Waals surface area (Å²) in [6.45, 7) is 2.95. The number of unbranched alkanes of at least 4 members (excludes halogenated alkanes) is 2. The molecule has 0 fully saturated rings. The van der Waals surface area contributed by atoms with Gasteiger partial charge in [0.15, 0.2) is 0 Å². The van der Waals surface area contributed by atoms with Crippen molar-refractivity contribution in [2.24, 2.45) is 5.10 Å². The molecule has 126 valence electrons. The minimum Gasteiger partial charge on any atom is -0.497 e. The number of halogens is 1. The van der Waals surface area contributed by atoms with Crippen LogP contribution in [0.4, 0.5) is 0 Å². The van der Waals surface area contributed by atoms with Crippen molar-refractivity contribution < 1.29 is 4.74 Å². The molecule has 23 heavy (non-hydrogen) atoms. The topological polar surface area (TPSA) is 85.3 Å². The van der Waals surface area contributed by atoms with Crippen molar-refractivity contribution in [3.05, 3.63) is 30.0 Å². The molecule has 0 saturated carbocycles. The fourth-order valence-electron chi connectivity index (χ4n) is 2.15. The van der Waals surface area contributed by atoms with E-state index in [0.29, 0.717) is 0 Å². The van der Waals surface area contributed by atoms with Crippen molar-refractivity contribution >= 4 is 35.5 Å². The Bertz CT molecular complexity index is 653. The first-order valence-electron chi connectivity index (χ1n) is 7.51. The van der Waals surface area contributed by atoms with Gasteiger partial charge in [0.2, 0.25) is 5.96 Å². The van der Waals surface area contributed by atoms with Gasteiger partial charge in [-0.25, -0.2) is 5.43 Å². The second-order valence-corrected chi connectivity index (χ2v) is 5.03. The predicted molar refractivity (Wildman–Crippen MR) is 98.1 cm³/mol. The number of ether oxygens (including phenoxy) is 1. The zero-order chi connectivity index (χ0) is 15.8. The standard InChI is InChI=1S/C16H23N5O.ClH/c1-3-4-5-8-18-16(17)21-20-11-12-10-19-15-7-6-13(22-2)9-14(12)15;/h6-7,9-11,19H,3-5,8H2,1-2H3,(H3,17,18,21);1H/b20-11+;. The maximum absolute atomic E-state index is 7.72. The van der Waals surface area contributed by atoms with Gasteiger partial charge in [-0.15, -0.1) is 12.4 Å². The zero-order valence-electron chi connectivity index (χ0n) is 13.5. The number of hydrogen-bond donors (Lipinski definition) is 4. The highest BCUT2D eigenvalue weighted by atomic mass is 35.5. The highest BCUT2D eigenvalue weighted by Crippen LogP contribution is 2.22. The number of hydrazone groups is 1. The first-order chi connectivity index (χ1) is 10.7. The van der Waals surface area contributed by atoms with Crippen LogP contribution in [-0.2, 0) is 0 Å². The number of nitrogens with one attached hydrogen (secondary N) is 4. The van der Waals surface area contributed by atoms with Crippen LogP contribution in [0.15, 0.2) is 29.5 Å². The van der Waals surface area contributed by atoms with Crippen molar-refractivity contribution in [3.8, 4) is 5.75 Å². The number of H-pyrrole nitrogens is 1. The van der Waals surface area contributed by atoms with E-state index in [-0.39, 0.29) is 18.4 Å². The van der Waals surface area contributed by atoms with Gasteiger partial charge in [-0.2, -0.15) is 5.10 Å². The Hall–Kier alpha value is -2.21. The smallest absolute Gasteiger partial charge is 0.209 e. The van der Waals surface area contributed by atoms with E-state index in [2.05, 4.69) is 27.8 Å². The molecule has 0 unspecified atom stereocenters. The number of nitrogens with zero attached hydrogens (tertiary/aromatic N) is 1. The molecule has 6 nitrogen and oxygen atoms in total. The van der Waals surface area contributed by atoms with E-state index in [4.69, 9.17) is 10.1 Å². The third-order valence-electron chi connectivity index (χ3n) is 3.38. The molecular formula is C16H24ClN5O. The lowest BCUT2D eigenvalue weighted by atomic mass is 10.2. The number of benzene rings is 1. The SMILES string of the molecule is CCCCCNC(=N)N/N=C/c1c[nH]c2ccc(OC)cc12.Cl. The molecule has 0 aliphatic heterocycles. The largest absolute Gasteiger partial charge is 0.497 e. The molecule has 1 aromatic heterocycles. The number of guanidine groups is 1. The van der Waals surface area contributed by atoms with Gasteiger partial charge in [0, 0.05) is 29.2 Å². The Morgan fingerprint density at radius 3 is 2.96 bits per heavy atom. The first-order valence-corrected chi connectivity index (χ1v) is 7.51. The highest BCUT2D eigenvalue weighted by molar-refractivity contribution is 5.99. The molecular weight excluding hydrogens is 314 g/mol. The Morgan fingerprint density at radius 1 is 1.39 bits per heavy atom. The van der Waals surface area contributed by atoms with Crippen molar-refractivity contribution in [2.75, 3.05) is 13.7 Å². The lowest BCUT2D eigenvalue weighted by Crippen LogP contribution is -2.33. The van der Waals surface area contributed by atoms with E-state index in [9.17, 15) is 0 Å². The molecule has 2 rings (SSSR count). The van der Waals surface area contributed by atoms with Crippen molar-refractivity contribution in [1.29, 1.82) is 5.41 Å². The van der Waals surface area contributed by atoms with Crippen LogP contribution in [0.5, 0.6) is 5.75 Å². The summed E-state index contributed by atoms with van der Waals surface area (Å²) >= 11 is 0. The van der Waals surface area contributed by atoms with Crippen LogP contribution in [0.25, 0.3) is 10.9 Å². The maximum Gasteiger partial charge on any atom is 0.209 e. The van der Waals surface area contributed by atoms with E-state index < -0.39 is 0 Å². The molecule has 4 N–H and O–H groups in total. The van der Waals surface area contributed by atoms with Crippen LogP contribution >= 0.6 is 12.4 Å². The summed E-state index contributed by atoms with van der Waals surface area (Å²) < 4.78 is 5.24. The molecule has 7 heteroatoms. The number of methoxy groups -OCH3 is 1. The quantitative estimate of drug-likeness (QED) is 0.271. The fourth-order valence-corrected chi connectivity index (χ4v) is 2.15. The molecule has 1 aromatic carbocycles. The molecule has 1 heterocycles. The van der Waals surface area contributed by atoms with Crippen LogP contribution in [-0.4, -0.2) is 30.8 Å². The average molecular weight is 338 g/mol. The lowest BCUT2D eigenvalue weighted by molar-refractivity contribution is 0.415. The van der Waals surface area contributed by atoms with Gasteiger partial charge in [0.05, 0.1) is 13.3 Å². The number of hydrogen-bond acceptors (Lipinski definition) is 3. The minimum atomic E-state index is 0. The van der Waals surface area contributed by atoms with Crippen LogP contribution < -0.4 is 15.5 Å². The van der Waals surface area contributed by atoms with Crippen molar-refractivity contribution in [3.63, 3.8) is 0 Å². The monoisotopic (exact) mass is 337 g/mol. The molecule has 0 amide bonds. The summed E-state index contributed by atoms with van der Waals surface area (Å²) in [6, 6.07) is 5.84. The molecule has 0 bridgehead atoms. The molecule has 0 aliphatic carbocycles. The maximum atomic E-state index is 7.72. The number of aromatic amines is 1. The van der Waals surface area contributed by atoms with Gasteiger partial charge in [-0.05, 0) is 24.6 Å². The van der Waals surface area contributed by atoms with Crippen LogP contribution in [0.2, 0.25) is 0 Å². The van der Waals surface area contributed by atoms with Gasteiger partial charge in [0.25, 0.3) is 0 Å². The Balaban J connectivity index is 0.00000264. The second kappa shape index (κ2) is 9.74.